The predicted molar refractivity (Wildman–Crippen MR) is 59.6 cm³/mol. The van der Waals surface area contributed by atoms with E-state index in [2.05, 4.69) is 36.0 Å². The molecule has 0 bridgehead atoms. The Balaban J connectivity index is 0. The Hall–Kier alpha value is -0.0765. The van der Waals surface area contributed by atoms with Gasteiger partial charge in [-0.25, -0.2) is 0 Å². The zero-order valence-electron chi connectivity index (χ0n) is 10.1. The summed E-state index contributed by atoms with van der Waals surface area (Å²) in [5.41, 5.74) is -0.00823. The number of hydrogen-bond donors (Lipinski definition) is 0. The van der Waals surface area contributed by atoms with Gasteiger partial charge in [0, 0.05) is 16.5 Å². The van der Waals surface area contributed by atoms with Gasteiger partial charge in [0.1, 0.15) is 0 Å². The Kier molecular flexibility index (Phi) is 8.47. The molecular weight excluding hydrogens is 221 g/mol. The molecule has 4 heteroatoms. The Morgan fingerprint density at radius 1 is 1.29 bits per heavy atom. The summed E-state index contributed by atoms with van der Waals surface area (Å²) in [5, 5.41) is 4.36. The largest absolute Gasteiger partial charge is 0.468 e. The molecule has 3 nitrogen and oxygen atoms in total. The first kappa shape index (κ1) is 16.4. The maximum Gasteiger partial charge on any atom is 0 e. The second kappa shape index (κ2) is 7.25. The fraction of sp³-hybridized carbons (Fsp3) is 0.900. The van der Waals surface area contributed by atoms with Crippen LogP contribution in [0, 0.1) is 0 Å². The van der Waals surface area contributed by atoms with Crippen molar-refractivity contribution in [2.75, 3.05) is 27.2 Å². The van der Waals surface area contributed by atoms with Crippen LogP contribution in [-0.4, -0.2) is 43.5 Å². The standard InChI is InChI=1S/C10H22N3.Ni/c1-9(12-10(2,3)4)11-7-8-13(5)6;/h7-8H2,1-6H3;/q-1;. The second-order valence-electron chi connectivity index (χ2n) is 4.51. The van der Waals surface area contributed by atoms with Crippen LogP contribution in [0.4, 0.5) is 0 Å². The summed E-state index contributed by atoms with van der Waals surface area (Å²) in [6, 6.07) is 0. The van der Waals surface area contributed by atoms with Crippen molar-refractivity contribution in [1.29, 1.82) is 0 Å². The third-order valence-electron chi connectivity index (χ3n) is 1.39. The van der Waals surface area contributed by atoms with Crippen molar-refractivity contribution in [3.05, 3.63) is 5.32 Å². The van der Waals surface area contributed by atoms with E-state index in [0.717, 1.165) is 18.9 Å². The van der Waals surface area contributed by atoms with Crippen LogP contribution >= 0.6 is 0 Å². The van der Waals surface area contributed by atoms with Crippen LogP contribution in [-0.2, 0) is 16.5 Å². The minimum Gasteiger partial charge on any atom is -0.468 e. The van der Waals surface area contributed by atoms with Crippen molar-refractivity contribution < 1.29 is 16.5 Å². The molecule has 0 aliphatic rings. The first-order valence-corrected chi connectivity index (χ1v) is 4.70. The summed E-state index contributed by atoms with van der Waals surface area (Å²) in [7, 11) is 4.09. The van der Waals surface area contributed by atoms with Crippen molar-refractivity contribution in [2.24, 2.45) is 4.99 Å². The van der Waals surface area contributed by atoms with E-state index in [1.54, 1.807) is 0 Å². The molecule has 0 radical (unpaired) electrons. The summed E-state index contributed by atoms with van der Waals surface area (Å²) in [5.74, 6) is 0.898. The molecule has 0 spiro atoms. The van der Waals surface area contributed by atoms with Crippen LogP contribution in [0.25, 0.3) is 5.32 Å². The Morgan fingerprint density at radius 3 is 2.14 bits per heavy atom. The van der Waals surface area contributed by atoms with Crippen LogP contribution in [0.1, 0.15) is 27.7 Å². The Bertz CT molecular complexity index is 171. The molecule has 0 fully saturated rings. The first-order chi connectivity index (χ1) is 5.81. The van der Waals surface area contributed by atoms with E-state index >= 15 is 0 Å². The van der Waals surface area contributed by atoms with Gasteiger partial charge in [-0.3, -0.25) is 0 Å². The maximum atomic E-state index is 4.44. The van der Waals surface area contributed by atoms with Crippen molar-refractivity contribution in [2.45, 2.75) is 33.2 Å². The molecule has 0 saturated heterocycles. The molecule has 0 N–H and O–H groups in total. The monoisotopic (exact) mass is 242 g/mol. The molecule has 0 atom stereocenters. The molecule has 14 heavy (non-hydrogen) atoms. The van der Waals surface area contributed by atoms with E-state index in [1.165, 1.54) is 0 Å². The number of rotatable bonds is 3. The molecule has 0 aromatic rings. The van der Waals surface area contributed by atoms with E-state index < -0.39 is 0 Å². The van der Waals surface area contributed by atoms with Gasteiger partial charge in [-0.1, -0.05) is 26.6 Å². The van der Waals surface area contributed by atoms with Crippen LogP contribution < -0.4 is 0 Å². The van der Waals surface area contributed by atoms with Gasteiger partial charge in [-0.05, 0) is 39.6 Å². The minimum atomic E-state index is -0.00823. The summed E-state index contributed by atoms with van der Waals surface area (Å²) < 4.78 is 0. The Morgan fingerprint density at radius 2 is 1.79 bits per heavy atom. The molecule has 0 rings (SSSR count). The van der Waals surface area contributed by atoms with Crippen molar-refractivity contribution >= 4 is 5.84 Å². The van der Waals surface area contributed by atoms with E-state index in [-0.39, 0.29) is 22.0 Å². The number of amidine groups is 1. The molecule has 0 heterocycles. The molecule has 0 aliphatic carbocycles. The third-order valence-corrected chi connectivity index (χ3v) is 1.39. The van der Waals surface area contributed by atoms with Gasteiger partial charge in [-0.2, -0.15) is 0 Å². The Labute approximate surface area is 98.3 Å². The molecule has 0 aromatic carbocycles. The summed E-state index contributed by atoms with van der Waals surface area (Å²) in [6.07, 6.45) is 0. The normalized spacial score (nSPS) is 12.6. The van der Waals surface area contributed by atoms with Gasteiger partial charge in [-0.15, -0.1) is 0 Å². The minimum absolute atomic E-state index is 0. The van der Waals surface area contributed by atoms with Gasteiger partial charge in [0.05, 0.1) is 0 Å². The fourth-order valence-electron chi connectivity index (χ4n) is 0.933. The van der Waals surface area contributed by atoms with E-state index in [0.29, 0.717) is 0 Å². The molecule has 0 saturated carbocycles. The second-order valence-corrected chi connectivity index (χ2v) is 4.51. The third kappa shape index (κ3) is 11.9. The van der Waals surface area contributed by atoms with Crippen molar-refractivity contribution in [3.63, 3.8) is 0 Å². The summed E-state index contributed by atoms with van der Waals surface area (Å²) >= 11 is 0. The topological polar surface area (TPSA) is 29.7 Å². The average Bonchev–Trinajstić information content (AvgIpc) is 1.81. The van der Waals surface area contributed by atoms with Gasteiger partial charge in [0.2, 0.25) is 0 Å². The van der Waals surface area contributed by atoms with E-state index in [4.69, 9.17) is 0 Å². The molecule has 0 unspecified atom stereocenters. The SMILES string of the molecule is CC(=NC(C)(C)C)[N-]CCN(C)C.[Ni]. The number of aliphatic imine (C=N–C) groups is 1. The maximum absolute atomic E-state index is 4.44. The van der Waals surface area contributed by atoms with Crippen molar-refractivity contribution in [3.8, 4) is 0 Å². The van der Waals surface area contributed by atoms with E-state index in [1.807, 2.05) is 21.0 Å². The summed E-state index contributed by atoms with van der Waals surface area (Å²) in [6.45, 7) is 10.0. The predicted octanol–water partition coefficient (Wildman–Crippen LogP) is 2.14. The molecule has 0 amide bonds. The zero-order chi connectivity index (χ0) is 10.5. The smallest absolute Gasteiger partial charge is 0 e. The quantitative estimate of drug-likeness (QED) is 0.424. The van der Waals surface area contributed by atoms with Crippen LogP contribution in [0.2, 0.25) is 0 Å². The van der Waals surface area contributed by atoms with Crippen LogP contribution in [0.3, 0.4) is 0 Å². The van der Waals surface area contributed by atoms with Gasteiger partial charge in [0.25, 0.3) is 0 Å². The molecule has 88 valence electrons. The molecule has 0 aromatic heterocycles. The number of likely N-dealkylation sites (N-methyl/N-ethyl adjacent to an activating group) is 1. The number of nitrogens with zero attached hydrogens (tertiary/aromatic N) is 3. The number of hydrogen-bond acceptors (Lipinski definition) is 2. The van der Waals surface area contributed by atoms with Crippen LogP contribution in [0.15, 0.2) is 4.99 Å². The van der Waals surface area contributed by atoms with Gasteiger partial charge < -0.3 is 15.2 Å². The zero-order valence-corrected chi connectivity index (χ0v) is 11.1. The summed E-state index contributed by atoms with van der Waals surface area (Å²) in [4.78, 5) is 6.56. The van der Waals surface area contributed by atoms with Crippen molar-refractivity contribution in [1.82, 2.24) is 4.90 Å². The molecule has 0 aliphatic heterocycles. The van der Waals surface area contributed by atoms with Gasteiger partial charge in [0.15, 0.2) is 0 Å². The van der Waals surface area contributed by atoms with E-state index in [9.17, 15) is 0 Å². The van der Waals surface area contributed by atoms with Gasteiger partial charge >= 0.3 is 0 Å². The fourth-order valence-corrected chi connectivity index (χ4v) is 0.933. The van der Waals surface area contributed by atoms with Crippen LogP contribution in [0.5, 0.6) is 0 Å². The first-order valence-electron chi connectivity index (χ1n) is 4.70. The molecular formula is C10H22N3Ni-. The average molecular weight is 243 g/mol.